The first kappa shape index (κ1) is 11.5. The van der Waals surface area contributed by atoms with Crippen LogP contribution in [0.4, 0.5) is 5.69 Å². The van der Waals surface area contributed by atoms with Crippen LogP contribution in [-0.2, 0) is 0 Å². The number of hydrogen-bond acceptors (Lipinski definition) is 3. The average molecular weight is 222 g/mol. The molecule has 0 aliphatic heterocycles. The van der Waals surface area contributed by atoms with Crippen LogP contribution in [0, 0.1) is 0 Å². The third kappa shape index (κ3) is 2.38. The molecule has 1 unspecified atom stereocenters. The van der Waals surface area contributed by atoms with Gasteiger partial charge >= 0.3 is 0 Å². The molecular formula is C12H22N4. The average Bonchev–Trinajstić information content (AvgIpc) is 2.84. The Hall–Kier alpha value is -1.03. The lowest BCUT2D eigenvalue weighted by Gasteiger charge is -2.39. The Morgan fingerprint density at radius 3 is 2.81 bits per heavy atom. The van der Waals surface area contributed by atoms with Gasteiger partial charge in [-0.2, -0.15) is 5.10 Å². The lowest BCUT2D eigenvalue weighted by Crippen LogP contribution is -2.46. The van der Waals surface area contributed by atoms with E-state index in [1.165, 1.54) is 37.8 Å². The van der Waals surface area contributed by atoms with Gasteiger partial charge in [0.25, 0.3) is 0 Å². The number of nitrogens with one attached hydrogen (secondary N) is 1. The summed E-state index contributed by atoms with van der Waals surface area (Å²) in [7, 11) is 0. The summed E-state index contributed by atoms with van der Waals surface area (Å²) in [6, 6.07) is 1.03. The van der Waals surface area contributed by atoms with Crippen molar-refractivity contribution in [2.75, 3.05) is 11.4 Å². The molecule has 0 radical (unpaired) electrons. The number of nitrogens with zero attached hydrogens (tertiary/aromatic N) is 2. The Kier molecular flexibility index (Phi) is 3.83. The van der Waals surface area contributed by atoms with E-state index in [0.717, 1.165) is 0 Å². The summed E-state index contributed by atoms with van der Waals surface area (Å²) in [6.45, 7) is 2.89. The number of aromatic nitrogens is 2. The van der Waals surface area contributed by atoms with Crippen LogP contribution >= 0.6 is 0 Å². The third-order valence-corrected chi connectivity index (χ3v) is 3.57. The van der Waals surface area contributed by atoms with Crippen molar-refractivity contribution in [2.45, 2.75) is 51.1 Å². The zero-order valence-electron chi connectivity index (χ0n) is 10.0. The van der Waals surface area contributed by atoms with Crippen molar-refractivity contribution in [3.8, 4) is 0 Å². The fraction of sp³-hybridized carbons (Fsp3) is 0.750. The Morgan fingerprint density at radius 1 is 1.50 bits per heavy atom. The normalized spacial score (nSPS) is 19.6. The first-order valence-corrected chi connectivity index (χ1v) is 6.30. The maximum absolute atomic E-state index is 5.81. The summed E-state index contributed by atoms with van der Waals surface area (Å²) in [6.07, 6.45) is 10.5. The molecule has 0 bridgehead atoms. The van der Waals surface area contributed by atoms with Crippen molar-refractivity contribution < 1.29 is 0 Å². The van der Waals surface area contributed by atoms with Crippen LogP contribution < -0.4 is 10.6 Å². The Balaban J connectivity index is 2.13. The van der Waals surface area contributed by atoms with Crippen LogP contribution in [-0.4, -0.2) is 28.8 Å². The summed E-state index contributed by atoms with van der Waals surface area (Å²) < 4.78 is 0. The van der Waals surface area contributed by atoms with Crippen molar-refractivity contribution >= 4 is 5.69 Å². The highest BCUT2D eigenvalue weighted by Gasteiger charge is 2.25. The van der Waals surface area contributed by atoms with E-state index in [0.29, 0.717) is 18.6 Å². The topological polar surface area (TPSA) is 57.9 Å². The molecule has 1 heterocycles. The molecule has 0 aromatic carbocycles. The van der Waals surface area contributed by atoms with Crippen molar-refractivity contribution in [3.05, 3.63) is 12.4 Å². The molecule has 1 aliphatic carbocycles. The molecule has 0 amide bonds. The Morgan fingerprint density at radius 2 is 2.25 bits per heavy atom. The highest BCUT2D eigenvalue weighted by molar-refractivity contribution is 5.44. The van der Waals surface area contributed by atoms with Gasteiger partial charge in [-0.05, 0) is 19.8 Å². The summed E-state index contributed by atoms with van der Waals surface area (Å²) >= 11 is 0. The summed E-state index contributed by atoms with van der Waals surface area (Å²) in [5.74, 6) is 0. The minimum atomic E-state index is 0.390. The van der Waals surface area contributed by atoms with Crippen LogP contribution in [0.2, 0.25) is 0 Å². The highest BCUT2D eigenvalue weighted by Crippen LogP contribution is 2.28. The van der Waals surface area contributed by atoms with Crippen LogP contribution in [0.15, 0.2) is 12.4 Å². The molecule has 1 fully saturated rings. The minimum absolute atomic E-state index is 0.390. The van der Waals surface area contributed by atoms with Crippen LogP contribution in [0.25, 0.3) is 0 Å². The van der Waals surface area contributed by atoms with E-state index in [1.807, 2.05) is 12.4 Å². The van der Waals surface area contributed by atoms with E-state index >= 15 is 0 Å². The van der Waals surface area contributed by atoms with E-state index in [4.69, 9.17) is 5.73 Å². The maximum atomic E-state index is 5.81. The molecule has 4 heteroatoms. The molecule has 0 spiro atoms. The first-order chi connectivity index (χ1) is 7.83. The molecule has 16 heavy (non-hydrogen) atoms. The standard InChI is InChI=1S/C12H22N4/c1-10(7-13)16(12-8-14-15-9-12)11-5-3-2-4-6-11/h8-11H,2-7,13H2,1H3,(H,14,15). The largest absolute Gasteiger partial charge is 0.362 e. The van der Waals surface area contributed by atoms with Gasteiger partial charge in [0.2, 0.25) is 0 Å². The second kappa shape index (κ2) is 5.34. The van der Waals surface area contributed by atoms with Crippen LogP contribution in [0.5, 0.6) is 0 Å². The molecule has 1 saturated carbocycles. The molecule has 2 rings (SSSR count). The predicted octanol–water partition coefficient (Wildman–Crippen LogP) is 1.90. The number of nitrogens with two attached hydrogens (primary N) is 1. The number of H-pyrrole nitrogens is 1. The first-order valence-electron chi connectivity index (χ1n) is 6.30. The number of hydrogen-bond donors (Lipinski definition) is 2. The minimum Gasteiger partial charge on any atom is -0.362 e. The fourth-order valence-corrected chi connectivity index (χ4v) is 2.68. The highest BCUT2D eigenvalue weighted by atomic mass is 15.2. The quantitative estimate of drug-likeness (QED) is 0.818. The second-order valence-electron chi connectivity index (χ2n) is 4.74. The van der Waals surface area contributed by atoms with Crippen molar-refractivity contribution in [2.24, 2.45) is 5.73 Å². The molecule has 90 valence electrons. The fourth-order valence-electron chi connectivity index (χ4n) is 2.68. The van der Waals surface area contributed by atoms with Gasteiger partial charge in [0.05, 0.1) is 11.9 Å². The van der Waals surface area contributed by atoms with E-state index in [2.05, 4.69) is 22.0 Å². The van der Waals surface area contributed by atoms with Gasteiger partial charge in [-0.15, -0.1) is 0 Å². The lowest BCUT2D eigenvalue weighted by atomic mass is 9.93. The number of rotatable bonds is 4. The maximum Gasteiger partial charge on any atom is 0.0755 e. The van der Waals surface area contributed by atoms with E-state index in [9.17, 15) is 0 Å². The number of anilines is 1. The molecule has 1 atom stereocenters. The molecule has 3 N–H and O–H groups in total. The molecule has 1 aromatic rings. The SMILES string of the molecule is CC(CN)N(c1cn[nH]c1)C1CCCCC1. The lowest BCUT2D eigenvalue weighted by molar-refractivity contribution is 0.394. The van der Waals surface area contributed by atoms with Crippen LogP contribution in [0.3, 0.4) is 0 Å². The van der Waals surface area contributed by atoms with Gasteiger partial charge < -0.3 is 10.6 Å². The zero-order chi connectivity index (χ0) is 11.4. The van der Waals surface area contributed by atoms with Crippen molar-refractivity contribution in [3.63, 3.8) is 0 Å². The zero-order valence-corrected chi connectivity index (χ0v) is 10.0. The second-order valence-corrected chi connectivity index (χ2v) is 4.74. The van der Waals surface area contributed by atoms with Gasteiger partial charge in [0, 0.05) is 24.8 Å². The molecule has 1 aromatic heterocycles. The Bertz CT molecular complexity index is 290. The van der Waals surface area contributed by atoms with Gasteiger partial charge in [0.15, 0.2) is 0 Å². The van der Waals surface area contributed by atoms with Crippen LogP contribution in [0.1, 0.15) is 39.0 Å². The summed E-state index contributed by atoms with van der Waals surface area (Å²) in [4.78, 5) is 2.45. The van der Waals surface area contributed by atoms with Gasteiger partial charge in [0.1, 0.15) is 0 Å². The molecule has 4 nitrogen and oxygen atoms in total. The number of aromatic amines is 1. The smallest absolute Gasteiger partial charge is 0.0755 e. The summed E-state index contributed by atoms with van der Waals surface area (Å²) in [5.41, 5.74) is 7.00. The van der Waals surface area contributed by atoms with Gasteiger partial charge in [-0.25, -0.2) is 0 Å². The van der Waals surface area contributed by atoms with E-state index in [1.54, 1.807) is 0 Å². The predicted molar refractivity (Wildman–Crippen MR) is 66.5 cm³/mol. The van der Waals surface area contributed by atoms with E-state index in [-0.39, 0.29) is 0 Å². The van der Waals surface area contributed by atoms with Gasteiger partial charge in [-0.1, -0.05) is 19.3 Å². The van der Waals surface area contributed by atoms with Crippen molar-refractivity contribution in [1.82, 2.24) is 10.2 Å². The molecule has 0 saturated heterocycles. The van der Waals surface area contributed by atoms with E-state index < -0.39 is 0 Å². The monoisotopic (exact) mass is 222 g/mol. The Labute approximate surface area is 97.2 Å². The molecular weight excluding hydrogens is 200 g/mol. The van der Waals surface area contributed by atoms with Crippen molar-refractivity contribution in [1.29, 1.82) is 0 Å². The molecule has 1 aliphatic rings. The summed E-state index contributed by atoms with van der Waals surface area (Å²) in [5, 5.41) is 6.94. The van der Waals surface area contributed by atoms with Gasteiger partial charge in [-0.3, -0.25) is 5.10 Å². The third-order valence-electron chi connectivity index (χ3n) is 3.57.